The van der Waals surface area contributed by atoms with Crippen molar-refractivity contribution in [2.75, 3.05) is 11.4 Å². The average Bonchev–Trinajstić information content (AvgIpc) is 2.78. The predicted molar refractivity (Wildman–Crippen MR) is 72.8 cm³/mol. The second-order valence-corrected chi connectivity index (χ2v) is 4.71. The quantitative estimate of drug-likeness (QED) is 0.862. The minimum atomic E-state index is 0.275. The molecule has 0 fully saturated rings. The number of anilines is 1. The van der Waals surface area contributed by atoms with E-state index in [0.29, 0.717) is 12.1 Å². The van der Waals surface area contributed by atoms with E-state index >= 15 is 0 Å². The van der Waals surface area contributed by atoms with Gasteiger partial charge in [0.05, 0.1) is 12.2 Å². The van der Waals surface area contributed by atoms with Crippen LogP contribution in [-0.4, -0.2) is 15.9 Å². The molecule has 0 unspecified atom stereocenters. The van der Waals surface area contributed by atoms with Gasteiger partial charge < -0.3 is 4.90 Å². The van der Waals surface area contributed by atoms with Crippen molar-refractivity contribution >= 4 is 28.1 Å². The van der Waals surface area contributed by atoms with E-state index in [-0.39, 0.29) is 5.15 Å². The molecule has 0 aromatic carbocycles. The van der Waals surface area contributed by atoms with Crippen LogP contribution in [0.3, 0.4) is 0 Å². The third-order valence-corrected chi connectivity index (χ3v) is 3.78. The Kier molecular flexibility index (Phi) is 4.13. The van der Waals surface area contributed by atoms with Gasteiger partial charge in [-0.15, -0.1) is 0 Å². The second-order valence-electron chi connectivity index (χ2n) is 3.60. The van der Waals surface area contributed by atoms with Crippen molar-refractivity contribution in [3.63, 3.8) is 0 Å². The molecule has 0 bridgehead atoms. The standard InChI is InChI=1S/C12H11ClN4S/c1-2-17(8-9-5-3-4-6-15-9)12-10(7-14)11(13)16-18-12/h3-6H,2,8H2,1H3. The molecule has 18 heavy (non-hydrogen) atoms. The third-order valence-electron chi connectivity index (χ3n) is 2.49. The van der Waals surface area contributed by atoms with Crippen LogP contribution < -0.4 is 4.90 Å². The minimum Gasteiger partial charge on any atom is -0.355 e. The fraction of sp³-hybridized carbons (Fsp3) is 0.250. The summed E-state index contributed by atoms with van der Waals surface area (Å²) < 4.78 is 4.02. The summed E-state index contributed by atoms with van der Waals surface area (Å²) in [5, 5.41) is 10.2. The number of nitrogens with zero attached hydrogens (tertiary/aromatic N) is 4. The Morgan fingerprint density at radius 1 is 1.50 bits per heavy atom. The van der Waals surface area contributed by atoms with Crippen LogP contribution in [-0.2, 0) is 6.54 Å². The lowest BCUT2D eigenvalue weighted by Crippen LogP contribution is -2.22. The van der Waals surface area contributed by atoms with Crippen LogP contribution in [0.5, 0.6) is 0 Å². The summed E-state index contributed by atoms with van der Waals surface area (Å²) >= 11 is 7.13. The molecule has 0 aliphatic heterocycles. The Bertz CT molecular complexity index is 561. The van der Waals surface area contributed by atoms with Crippen LogP contribution in [0, 0.1) is 11.3 Å². The second kappa shape index (κ2) is 5.80. The lowest BCUT2D eigenvalue weighted by Gasteiger charge is -2.20. The molecule has 0 saturated heterocycles. The zero-order chi connectivity index (χ0) is 13.0. The van der Waals surface area contributed by atoms with Gasteiger partial charge in [0.2, 0.25) is 0 Å². The lowest BCUT2D eigenvalue weighted by atomic mass is 10.3. The van der Waals surface area contributed by atoms with Gasteiger partial charge in [0.15, 0.2) is 5.15 Å². The zero-order valence-electron chi connectivity index (χ0n) is 9.80. The first-order valence-corrected chi connectivity index (χ1v) is 6.61. The summed E-state index contributed by atoms with van der Waals surface area (Å²) in [5.41, 5.74) is 1.40. The van der Waals surface area contributed by atoms with Gasteiger partial charge in [-0.05, 0) is 30.6 Å². The van der Waals surface area contributed by atoms with Crippen LogP contribution in [0.1, 0.15) is 18.2 Å². The van der Waals surface area contributed by atoms with E-state index < -0.39 is 0 Å². The third kappa shape index (κ3) is 2.61. The molecule has 2 aromatic rings. The van der Waals surface area contributed by atoms with Crippen molar-refractivity contribution in [3.8, 4) is 6.07 Å². The Hall–Kier alpha value is -1.64. The molecule has 0 aliphatic carbocycles. The van der Waals surface area contributed by atoms with E-state index in [1.54, 1.807) is 6.20 Å². The van der Waals surface area contributed by atoms with E-state index in [1.165, 1.54) is 11.5 Å². The fourth-order valence-electron chi connectivity index (χ4n) is 1.59. The van der Waals surface area contributed by atoms with Gasteiger partial charge in [-0.3, -0.25) is 4.98 Å². The van der Waals surface area contributed by atoms with Gasteiger partial charge in [-0.2, -0.15) is 9.64 Å². The zero-order valence-corrected chi connectivity index (χ0v) is 11.4. The molecule has 0 saturated carbocycles. The Balaban J connectivity index is 2.27. The van der Waals surface area contributed by atoms with Crippen molar-refractivity contribution in [1.29, 1.82) is 5.26 Å². The predicted octanol–water partition coefficient (Wildman–Crippen LogP) is 3.09. The molecule has 0 N–H and O–H groups in total. The summed E-state index contributed by atoms with van der Waals surface area (Å²) in [4.78, 5) is 6.33. The SMILES string of the molecule is CCN(Cc1ccccn1)c1snc(Cl)c1C#N. The number of rotatable bonds is 4. The van der Waals surface area contributed by atoms with Crippen LogP contribution >= 0.6 is 23.1 Å². The molecule has 2 rings (SSSR count). The smallest absolute Gasteiger partial charge is 0.162 e. The molecule has 0 amide bonds. The molecular formula is C12H11ClN4S. The Morgan fingerprint density at radius 2 is 2.33 bits per heavy atom. The maximum Gasteiger partial charge on any atom is 0.162 e. The molecule has 0 aliphatic rings. The molecule has 0 radical (unpaired) electrons. The van der Waals surface area contributed by atoms with Gasteiger partial charge in [-0.1, -0.05) is 17.7 Å². The number of pyridine rings is 1. The summed E-state index contributed by atoms with van der Waals surface area (Å²) in [6.45, 7) is 3.44. The molecule has 2 aromatic heterocycles. The van der Waals surface area contributed by atoms with Gasteiger partial charge in [0, 0.05) is 12.7 Å². The summed E-state index contributed by atoms with van der Waals surface area (Å²) in [7, 11) is 0. The molecule has 0 spiro atoms. The minimum absolute atomic E-state index is 0.275. The Morgan fingerprint density at radius 3 is 2.94 bits per heavy atom. The monoisotopic (exact) mass is 278 g/mol. The van der Waals surface area contributed by atoms with Crippen molar-refractivity contribution in [2.24, 2.45) is 0 Å². The first kappa shape index (κ1) is 12.8. The maximum atomic E-state index is 9.09. The largest absolute Gasteiger partial charge is 0.355 e. The lowest BCUT2D eigenvalue weighted by molar-refractivity contribution is 0.817. The molecule has 6 heteroatoms. The summed E-state index contributed by atoms with van der Waals surface area (Å²) in [6.07, 6.45) is 1.76. The van der Waals surface area contributed by atoms with Crippen LogP contribution in [0.25, 0.3) is 0 Å². The Labute approximate surface area is 115 Å². The normalized spacial score (nSPS) is 10.1. The number of nitriles is 1. The highest BCUT2D eigenvalue weighted by Gasteiger charge is 2.17. The number of hydrogen-bond acceptors (Lipinski definition) is 5. The first-order chi connectivity index (χ1) is 8.76. The van der Waals surface area contributed by atoms with Crippen molar-refractivity contribution in [3.05, 3.63) is 40.8 Å². The number of aromatic nitrogens is 2. The van der Waals surface area contributed by atoms with Crippen LogP contribution in [0.4, 0.5) is 5.00 Å². The van der Waals surface area contributed by atoms with Crippen molar-refractivity contribution < 1.29 is 0 Å². The highest BCUT2D eigenvalue weighted by atomic mass is 35.5. The van der Waals surface area contributed by atoms with Crippen LogP contribution in [0.15, 0.2) is 24.4 Å². The van der Waals surface area contributed by atoms with Gasteiger partial charge in [-0.25, -0.2) is 0 Å². The van der Waals surface area contributed by atoms with Crippen molar-refractivity contribution in [2.45, 2.75) is 13.5 Å². The molecule has 2 heterocycles. The molecule has 92 valence electrons. The van der Waals surface area contributed by atoms with Gasteiger partial charge in [0.1, 0.15) is 16.6 Å². The maximum absolute atomic E-state index is 9.09. The average molecular weight is 279 g/mol. The topological polar surface area (TPSA) is 52.8 Å². The van der Waals surface area contributed by atoms with E-state index in [4.69, 9.17) is 16.9 Å². The first-order valence-electron chi connectivity index (χ1n) is 5.46. The van der Waals surface area contributed by atoms with Crippen molar-refractivity contribution in [1.82, 2.24) is 9.36 Å². The fourth-order valence-corrected chi connectivity index (χ4v) is 2.68. The van der Waals surface area contributed by atoms with Gasteiger partial charge >= 0.3 is 0 Å². The summed E-state index contributed by atoms with van der Waals surface area (Å²) in [5.74, 6) is 0. The van der Waals surface area contributed by atoms with E-state index in [2.05, 4.69) is 15.4 Å². The highest BCUT2D eigenvalue weighted by Crippen LogP contribution is 2.31. The number of hydrogen-bond donors (Lipinski definition) is 0. The highest BCUT2D eigenvalue weighted by molar-refractivity contribution is 7.10. The summed E-state index contributed by atoms with van der Waals surface area (Å²) in [6, 6.07) is 7.88. The van der Waals surface area contributed by atoms with E-state index in [0.717, 1.165) is 17.2 Å². The van der Waals surface area contributed by atoms with Gasteiger partial charge in [0.25, 0.3) is 0 Å². The number of halogens is 1. The molecular weight excluding hydrogens is 268 g/mol. The van der Waals surface area contributed by atoms with E-state index in [1.807, 2.05) is 30.0 Å². The molecule has 0 atom stereocenters. The van der Waals surface area contributed by atoms with Crippen LogP contribution in [0.2, 0.25) is 5.15 Å². The molecule has 4 nitrogen and oxygen atoms in total. The van der Waals surface area contributed by atoms with E-state index in [9.17, 15) is 0 Å².